The van der Waals surface area contributed by atoms with E-state index in [9.17, 15) is 0 Å². The average molecular weight is 189 g/mol. The van der Waals surface area contributed by atoms with Crippen LogP contribution in [0.1, 0.15) is 13.8 Å². The van der Waals surface area contributed by atoms with Crippen molar-refractivity contribution in [2.24, 2.45) is 0 Å². The van der Waals surface area contributed by atoms with Gasteiger partial charge in [-0.3, -0.25) is 0 Å². The molecule has 0 saturated carbocycles. The molecule has 0 saturated heterocycles. The normalized spacial score (nSPS) is 8.56. The molecule has 0 aromatic rings. The molecule has 0 rings (SSSR count). The summed E-state index contributed by atoms with van der Waals surface area (Å²) in [7, 11) is -4.64. The second-order valence-electron chi connectivity index (χ2n) is 1.09. The van der Waals surface area contributed by atoms with Gasteiger partial charge in [0.05, 0.1) is 0 Å². The first-order valence-corrected chi connectivity index (χ1v) is 3.50. The maximum Gasteiger partial charge on any atom is 0.466 e. The summed E-state index contributed by atoms with van der Waals surface area (Å²) in [5.41, 5.74) is 0. The van der Waals surface area contributed by atoms with Gasteiger partial charge in [0, 0.05) is 21.7 Å². The number of hydrogen-bond acceptors (Lipinski definition) is 1. The van der Waals surface area contributed by atoms with Crippen molar-refractivity contribution in [2.75, 3.05) is 0 Å². The Bertz CT molecular complexity index is 71.6. The van der Waals surface area contributed by atoms with Crippen LogP contribution >= 0.6 is 7.82 Å². The summed E-state index contributed by atoms with van der Waals surface area (Å²) in [6.07, 6.45) is 2.00. The van der Waals surface area contributed by atoms with Crippen LogP contribution in [0.3, 0.4) is 0 Å². The molecule has 0 aliphatic heterocycles. The van der Waals surface area contributed by atoms with Gasteiger partial charge in [0.2, 0.25) is 0 Å². The van der Waals surface area contributed by atoms with Crippen LogP contribution in [0, 0.1) is 6.42 Å². The Morgan fingerprint density at radius 2 is 1.22 bits per heavy atom. The fourth-order valence-electron chi connectivity index (χ4n) is 0. The van der Waals surface area contributed by atoms with Gasteiger partial charge in [-0.15, -0.1) is 0 Å². The molecule has 0 radical (unpaired) electrons. The minimum absolute atomic E-state index is 0. The first-order valence-electron chi connectivity index (χ1n) is 1.94. The van der Waals surface area contributed by atoms with E-state index in [0.717, 1.165) is 0 Å². The van der Waals surface area contributed by atoms with Crippen molar-refractivity contribution >= 4 is 7.82 Å². The summed E-state index contributed by atoms with van der Waals surface area (Å²) in [4.78, 5) is 21.6. The Hall–Kier alpha value is 0.824. The third-order valence-corrected chi connectivity index (χ3v) is 0. The molecule has 0 unspecified atom stereocenters. The Labute approximate surface area is 69.4 Å². The largest absolute Gasteiger partial charge is 0.466 e. The third-order valence-electron chi connectivity index (χ3n) is 0. The van der Waals surface area contributed by atoms with Crippen molar-refractivity contribution in [1.29, 1.82) is 0 Å². The molecule has 0 aliphatic rings. The van der Waals surface area contributed by atoms with Crippen LogP contribution in [0.5, 0.6) is 0 Å². The van der Waals surface area contributed by atoms with Gasteiger partial charge < -0.3 is 21.1 Å². The van der Waals surface area contributed by atoms with Crippen molar-refractivity contribution < 1.29 is 41.0 Å². The third kappa shape index (κ3) is 605. The zero-order valence-corrected chi connectivity index (χ0v) is 7.73. The molecule has 0 heterocycles. The molecule has 0 aliphatic carbocycles. The molecule has 0 aromatic carbocycles. The smallest absolute Gasteiger partial charge is 0.335 e. The van der Waals surface area contributed by atoms with Gasteiger partial charge in [0.15, 0.2) is 0 Å². The van der Waals surface area contributed by atoms with Crippen molar-refractivity contribution in [1.82, 2.24) is 0 Å². The van der Waals surface area contributed by atoms with Gasteiger partial charge in [-0.2, -0.15) is 13.8 Å². The van der Waals surface area contributed by atoms with Crippen molar-refractivity contribution in [3.05, 3.63) is 6.42 Å². The molecule has 0 fully saturated rings. The minimum atomic E-state index is -4.64. The van der Waals surface area contributed by atoms with Crippen LogP contribution in [0.25, 0.3) is 0 Å². The average Bonchev–Trinajstić information content (AvgIpc) is 1.27. The monoisotopic (exact) mass is 189 g/mol. The molecule has 9 heavy (non-hydrogen) atoms. The van der Waals surface area contributed by atoms with E-state index in [1.54, 1.807) is 0 Å². The molecule has 4 nitrogen and oxygen atoms in total. The molecule has 0 atom stereocenters. The maximum absolute atomic E-state index is 8.88. The topological polar surface area (TPSA) is 77.8 Å². The Balaban J connectivity index is -0.0000000800. The van der Waals surface area contributed by atoms with E-state index in [4.69, 9.17) is 19.2 Å². The fourth-order valence-corrected chi connectivity index (χ4v) is 0. The van der Waals surface area contributed by atoms with Crippen LogP contribution in [0.4, 0.5) is 0 Å². The summed E-state index contributed by atoms with van der Waals surface area (Å²) in [6.45, 7) is 4.00. The quantitative estimate of drug-likeness (QED) is 0.291. The SMILES string of the molecule is C[CH-]C.O=P(O)(O)O.[Ti]. The molecule has 6 heteroatoms. The standard InChI is InChI=1S/C3H7.H3O4P.Ti/c1-3-2;1-5(2,3)4;/h3H,1-2H3;(H3,1,2,3,4);/q-1;;. The zero-order chi connectivity index (χ0) is 7.21. The molecule has 0 bridgehead atoms. The summed E-state index contributed by atoms with van der Waals surface area (Å²) >= 11 is 0. The summed E-state index contributed by atoms with van der Waals surface area (Å²) in [6, 6.07) is 0. The van der Waals surface area contributed by atoms with Crippen LogP contribution in [0.15, 0.2) is 0 Å². The first-order chi connectivity index (χ1) is 3.41. The van der Waals surface area contributed by atoms with E-state index in [-0.39, 0.29) is 21.7 Å². The van der Waals surface area contributed by atoms with E-state index < -0.39 is 7.82 Å². The van der Waals surface area contributed by atoms with E-state index >= 15 is 0 Å². The summed E-state index contributed by atoms with van der Waals surface area (Å²) < 4.78 is 8.88. The van der Waals surface area contributed by atoms with Crippen molar-refractivity contribution in [2.45, 2.75) is 13.8 Å². The van der Waals surface area contributed by atoms with E-state index in [1.807, 2.05) is 20.3 Å². The summed E-state index contributed by atoms with van der Waals surface area (Å²) in [5.74, 6) is 0. The van der Waals surface area contributed by atoms with Crippen LogP contribution < -0.4 is 0 Å². The number of hydrogen-bond donors (Lipinski definition) is 3. The van der Waals surface area contributed by atoms with Crippen molar-refractivity contribution in [3.8, 4) is 0 Å². The molecule has 0 spiro atoms. The predicted octanol–water partition coefficient (Wildman–Crippen LogP) is 0.299. The van der Waals surface area contributed by atoms with E-state index in [0.29, 0.717) is 0 Å². The molecular weight excluding hydrogens is 179 g/mol. The number of rotatable bonds is 0. The van der Waals surface area contributed by atoms with Gasteiger partial charge in [0.25, 0.3) is 0 Å². The molecular formula is C3H10O4PTi-. The van der Waals surface area contributed by atoms with Crippen LogP contribution in [-0.2, 0) is 26.3 Å². The Kier molecular flexibility index (Phi) is 16.1. The second-order valence-corrected chi connectivity index (χ2v) is 2.12. The number of phosphoric acid groups is 1. The fraction of sp³-hybridized carbons (Fsp3) is 0.667. The minimum Gasteiger partial charge on any atom is -0.335 e. The van der Waals surface area contributed by atoms with E-state index in [2.05, 4.69) is 0 Å². The van der Waals surface area contributed by atoms with Crippen LogP contribution in [-0.4, -0.2) is 14.7 Å². The zero-order valence-electron chi connectivity index (χ0n) is 5.27. The van der Waals surface area contributed by atoms with Gasteiger partial charge in [-0.05, 0) is 0 Å². The van der Waals surface area contributed by atoms with Crippen LogP contribution in [0.2, 0.25) is 0 Å². The van der Waals surface area contributed by atoms with Gasteiger partial charge in [-0.25, -0.2) is 4.57 Å². The first kappa shape index (κ1) is 16.4. The predicted molar refractivity (Wildman–Crippen MR) is 29.9 cm³/mol. The molecule has 0 amide bonds. The molecule has 3 N–H and O–H groups in total. The van der Waals surface area contributed by atoms with Gasteiger partial charge >= 0.3 is 7.82 Å². The Morgan fingerprint density at radius 3 is 1.22 bits per heavy atom. The van der Waals surface area contributed by atoms with Crippen molar-refractivity contribution in [3.63, 3.8) is 0 Å². The maximum atomic E-state index is 8.88. The van der Waals surface area contributed by atoms with E-state index in [1.165, 1.54) is 0 Å². The summed E-state index contributed by atoms with van der Waals surface area (Å²) in [5, 5.41) is 0. The van der Waals surface area contributed by atoms with Gasteiger partial charge in [-0.1, -0.05) is 0 Å². The molecule has 56 valence electrons. The molecule has 0 aromatic heterocycles. The Morgan fingerprint density at radius 1 is 1.22 bits per heavy atom. The van der Waals surface area contributed by atoms with Gasteiger partial charge in [0.1, 0.15) is 0 Å². The second kappa shape index (κ2) is 8.82.